The maximum atomic E-state index is 5.41. The van der Waals surface area contributed by atoms with E-state index in [1.165, 1.54) is 12.0 Å². The number of nitrogens with one attached hydrogen (secondary N) is 1. The lowest BCUT2D eigenvalue weighted by atomic mass is 10.2. The summed E-state index contributed by atoms with van der Waals surface area (Å²) < 4.78 is 6.52. The quantitative estimate of drug-likeness (QED) is 0.926. The van der Waals surface area contributed by atoms with Gasteiger partial charge in [-0.25, -0.2) is 0 Å². The maximum Gasteiger partial charge on any atom is 0.123 e. The molecule has 1 N–H and O–H groups in total. The standard InChI is InChI=1S/C13H19BrN2O/c1-17-13-4-3-12(14)9-11(13)10-16-7-2-5-15-6-8-16/h3-4,9,15H,2,5-8,10H2,1H3. The third kappa shape index (κ3) is 3.69. The molecule has 0 amide bonds. The Hall–Kier alpha value is -0.580. The molecule has 1 aliphatic heterocycles. The van der Waals surface area contributed by atoms with E-state index in [1.807, 2.05) is 12.1 Å². The van der Waals surface area contributed by atoms with E-state index < -0.39 is 0 Å². The van der Waals surface area contributed by atoms with E-state index >= 15 is 0 Å². The van der Waals surface area contributed by atoms with Crippen molar-refractivity contribution in [2.75, 3.05) is 33.3 Å². The normalized spacial score (nSPS) is 17.8. The van der Waals surface area contributed by atoms with Gasteiger partial charge in [-0.05, 0) is 37.7 Å². The molecule has 1 aromatic rings. The van der Waals surface area contributed by atoms with Gasteiger partial charge >= 0.3 is 0 Å². The van der Waals surface area contributed by atoms with Gasteiger partial charge in [0, 0.05) is 29.7 Å². The number of rotatable bonds is 3. The molecule has 94 valence electrons. The zero-order valence-corrected chi connectivity index (χ0v) is 11.8. The van der Waals surface area contributed by atoms with E-state index in [1.54, 1.807) is 7.11 Å². The van der Waals surface area contributed by atoms with Gasteiger partial charge in [0.05, 0.1) is 7.11 Å². The van der Waals surface area contributed by atoms with Gasteiger partial charge in [0.2, 0.25) is 0 Å². The molecule has 1 fully saturated rings. The average Bonchev–Trinajstić information content (AvgIpc) is 2.58. The predicted molar refractivity (Wildman–Crippen MR) is 73.5 cm³/mol. The molecule has 0 unspecified atom stereocenters. The monoisotopic (exact) mass is 298 g/mol. The maximum absolute atomic E-state index is 5.41. The summed E-state index contributed by atoms with van der Waals surface area (Å²) in [6.45, 7) is 5.44. The zero-order valence-electron chi connectivity index (χ0n) is 10.2. The van der Waals surface area contributed by atoms with Crippen molar-refractivity contribution in [3.05, 3.63) is 28.2 Å². The van der Waals surface area contributed by atoms with E-state index in [0.29, 0.717) is 0 Å². The molecule has 1 aromatic carbocycles. The molecule has 0 saturated carbocycles. The van der Waals surface area contributed by atoms with Crippen LogP contribution in [-0.2, 0) is 6.54 Å². The van der Waals surface area contributed by atoms with E-state index in [4.69, 9.17) is 4.74 Å². The van der Waals surface area contributed by atoms with Crippen molar-refractivity contribution in [3.63, 3.8) is 0 Å². The van der Waals surface area contributed by atoms with Crippen molar-refractivity contribution in [1.29, 1.82) is 0 Å². The fourth-order valence-corrected chi connectivity index (χ4v) is 2.58. The minimum absolute atomic E-state index is 0.963. The molecule has 1 heterocycles. The number of nitrogens with zero attached hydrogens (tertiary/aromatic N) is 1. The molecule has 0 spiro atoms. The molecule has 2 rings (SSSR count). The average molecular weight is 299 g/mol. The van der Waals surface area contributed by atoms with Crippen LogP contribution in [-0.4, -0.2) is 38.2 Å². The summed E-state index contributed by atoms with van der Waals surface area (Å²) in [6.07, 6.45) is 1.22. The second kappa shape index (κ2) is 6.38. The Morgan fingerprint density at radius 1 is 1.35 bits per heavy atom. The molecule has 1 aliphatic rings. The smallest absolute Gasteiger partial charge is 0.123 e. The van der Waals surface area contributed by atoms with E-state index in [9.17, 15) is 0 Å². The lowest BCUT2D eigenvalue weighted by Gasteiger charge is -2.21. The number of benzene rings is 1. The molecule has 4 heteroatoms. The van der Waals surface area contributed by atoms with Crippen LogP contribution in [0.1, 0.15) is 12.0 Å². The van der Waals surface area contributed by atoms with Gasteiger partial charge in [0.25, 0.3) is 0 Å². The van der Waals surface area contributed by atoms with Crippen molar-refractivity contribution in [3.8, 4) is 5.75 Å². The lowest BCUT2D eigenvalue weighted by Crippen LogP contribution is -2.27. The van der Waals surface area contributed by atoms with Gasteiger partial charge in [-0.15, -0.1) is 0 Å². The lowest BCUT2D eigenvalue weighted by molar-refractivity contribution is 0.278. The largest absolute Gasteiger partial charge is 0.496 e. The van der Waals surface area contributed by atoms with Crippen LogP contribution in [0, 0.1) is 0 Å². The SMILES string of the molecule is COc1ccc(Br)cc1CN1CCCNCC1. The van der Waals surface area contributed by atoms with Crippen molar-refractivity contribution in [2.45, 2.75) is 13.0 Å². The Morgan fingerprint density at radius 3 is 3.06 bits per heavy atom. The van der Waals surface area contributed by atoms with Crippen LogP contribution < -0.4 is 10.1 Å². The van der Waals surface area contributed by atoms with Gasteiger partial charge in [0.1, 0.15) is 5.75 Å². The molecular weight excluding hydrogens is 280 g/mol. The van der Waals surface area contributed by atoms with Gasteiger partial charge in [0.15, 0.2) is 0 Å². The molecule has 0 radical (unpaired) electrons. The molecule has 0 aromatic heterocycles. The van der Waals surface area contributed by atoms with E-state index in [0.717, 1.165) is 42.9 Å². The van der Waals surface area contributed by atoms with Crippen molar-refractivity contribution in [1.82, 2.24) is 10.2 Å². The van der Waals surface area contributed by atoms with Crippen LogP contribution in [0.15, 0.2) is 22.7 Å². The summed E-state index contributed by atoms with van der Waals surface area (Å²) in [5, 5.41) is 3.42. The van der Waals surface area contributed by atoms with Crippen LogP contribution in [0.25, 0.3) is 0 Å². The minimum Gasteiger partial charge on any atom is -0.496 e. The van der Waals surface area contributed by atoms with Gasteiger partial charge in [-0.3, -0.25) is 4.90 Å². The van der Waals surface area contributed by atoms with Crippen molar-refractivity contribution >= 4 is 15.9 Å². The molecule has 3 nitrogen and oxygen atoms in total. The van der Waals surface area contributed by atoms with Gasteiger partial charge in [-0.1, -0.05) is 15.9 Å². The van der Waals surface area contributed by atoms with Crippen LogP contribution in [0.5, 0.6) is 5.75 Å². The van der Waals surface area contributed by atoms with Crippen LogP contribution in [0.2, 0.25) is 0 Å². The fourth-order valence-electron chi connectivity index (χ4n) is 2.17. The fraction of sp³-hybridized carbons (Fsp3) is 0.538. The Kier molecular flexibility index (Phi) is 4.83. The van der Waals surface area contributed by atoms with E-state index in [2.05, 4.69) is 32.2 Å². The number of hydrogen-bond donors (Lipinski definition) is 1. The highest BCUT2D eigenvalue weighted by atomic mass is 79.9. The molecule has 0 atom stereocenters. The second-order valence-corrected chi connectivity index (χ2v) is 5.25. The van der Waals surface area contributed by atoms with Gasteiger partial charge < -0.3 is 10.1 Å². The van der Waals surface area contributed by atoms with Crippen LogP contribution in [0.3, 0.4) is 0 Å². The Morgan fingerprint density at radius 2 is 2.24 bits per heavy atom. The highest BCUT2D eigenvalue weighted by Gasteiger charge is 2.12. The third-order valence-corrected chi connectivity index (χ3v) is 3.56. The molecule has 1 saturated heterocycles. The van der Waals surface area contributed by atoms with Crippen molar-refractivity contribution in [2.24, 2.45) is 0 Å². The Balaban J connectivity index is 2.07. The zero-order chi connectivity index (χ0) is 12.1. The second-order valence-electron chi connectivity index (χ2n) is 4.34. The highest BCUT2D eigenvalue weighted by molar-refractivity contribution is 9.10. The van der Waals surface area contributed by atoms with E-state index in [-0.39, 0.29) is 0 Å². The third-order valence-electron chi connectivity index (χ3n) is 3.07. The number of halogens is 1. The highest BCUT2D eigenvalue weighted by Crippen LogP contribution is 2.24. The first kappa shape index (κ1) is 12.9. The first-order valence-corrected chi connectivity index (χ1v) is 6.84. The predicted octanol–water partition coefficient (Wildman–Crippen LogP) is 2.25. The van der Waals surface area contributed by atoms with Crippen LogP contribution in [0.4, 0.5) is 0 Å². The summed E-state index contributed by atoms with van der Waals surface area (Å²) in [7, 11) is 1.73. The summed E-state index contributed by atoms with van der Waals surface area (Å²) in [4.78, 5) is 2.48. The first-order chi connectivity index (χ1) is 8.29. The summed E-state index contributed by atoms with van der Waals surface area (Å²) in [6, 6.07) is 6.19. The Labute approximate surface area is 111 Å². The van der Waals surface area contributed by atoms with Crippen LogP contribution >= 0.6 is 15.9 Å². The number of methoxy groups -OCH3 is 1. The van der Waals surface area contributed by atoms with Crippen molar-refractivity contribution < 1.29 is 4.74 Å². The molecule has 0 bridgehead atoms. The Bertz CT molecular complexity index is 362. The minimum atomic E-state index is 0.963. The number of ether oxygens (including phenoxy) is 1. The summed E-state index contributed by atoms with van der Waals surface area (Å²) >= 11 is 3.52. The summed E-state index contributed by atoms with van der Waals surface area (Å²) in [5.41, 5.74) is 1.25. The van der Waals surface area contributed by atoms with Gasteiger partial charge in [-0.2, -0.15) is 0 Å². The molecular formula is C13H19BrN2O. The molecule has 17 heavy (non-hydrogen) atoms. The molecule has 0 aliphatic carbocycles. The first-order valence-electron chi connectivity index (χ1n) is 6.05. The number of hydrogen-bond acceptors (Lipinski definition) is 3. The summed E-state index contributed by atoms with van der Waals surface area (Å²) in [5.74, 6) is 0.977. The topological polar surface area (TPSA) is 24.5 Å².